The lowest BCUT2D eigenvalue weighted by molar-refractivity contribution is -0.137. The van der Waals surface area contributed by atoms with Crippen LogP contribution in [0.2, 0.25) is 0 Å². The Morgan fingerprint density at radius 1 is 1.07 bits per heavy atom. The summed E-state index contributed by atoms with van der Waals surface area (Å²) in [6.07, 6.45) is -3.11. The lowest BCUT2D eigenvalue weighted by Gasteiger charge is -2.06. The van der Waals surface area contributed by atoms with Gasteiger partial charge in [-0.3, -0.25) is 9.36 Å². The summed E-state index contributed by atoms with van der Waals surface area (Å²) in [4.78, 5) is 20.8. The van der Waals surface area contributed by atoms with E-state index in [9.17, 15) is 18.0 Å². The molecule has 0 aliphatic carbocycles. The van der Waals surface area contributed by atoms with Gasteiger partial charge < -0.3 is 4.52 Å². The van der Waals surface area contributed by atoms with Crippen LogP contribution >= 0.6 is 0 Å². The molecule has 0 amide bonds. The molecule has 2 aromatic heterocycles. The number of hydrogen-bond acceptors (Lipinski definition) is 5. The SMILES string of the molecule is O=c1c2ccccc2ncn1Cc1nc(-c2cccc(C(F)(F)F)c2)no1. The van der Waals surface area contributed by atoms with Gasteiger partial charge in [-0.05, 0) is 24.3 Å². The van der Waals surface area contributed by atoms with Crippen LogP contribution in [0.1, 0.15) is 11.5 Å². The zero-order valence-electron chi connectivity index (χ0n) is 13.6. The molecule has 2 heterocycles. The van der Waals surface area contributed by atoms with Crippen molar-refractivity contribution in [2.24, 2.45) is 0 Å². The van der Waals surface area contributed by atoms with E-state index in [0.29, 0.717) is 10.9 Å². The fourth-order valence-corrected chi connectivity index (χ4v) is 2.64. The maximum Gasteiger partial charge on any atom is 0.416 e. The molecule has 0 bridgehead atoms. The van der Waals surface area contributed by atoms with Crippen LogP contribution in [-0.4, -0.2) is 19.7 Å². The normalized spacial score (nSPS) is 11.8. The van der Waals surface area contributed by atoms with Crippen LogP contribution in [0.25, 0.3) is 22.3 Å². The lowest BCUT2D eigenvalue weighted by atomic mass is 10.1. The Hall–Kier alpha value is -3.49. The lowest BCUT2D eigenvalue weighted by Crippen LogP contribution is -2.21. The summed E-state index contributed by atoms with van der Waals surface area (Å²) >= 11 is 0. The monoisotopic (exact) mass is 372 g/mol. The fraction of sp³-hybridized carbons (Fsp3) is 0.111. The molecule has 0 saturated heterocycles. The second-order valence-corrected chi connectivity index (χ2v) is 5.79. The Kier molecular flexibility index (Phi) is 3.98. The van der Waals surface area contributed by atoms with Crippen molar-refractivity contribution in [3.8, 4) is 11.4 Å². The highest BCUT2D eigenvalue weighted by Gasteiger charge is 2.30. The van der Waals surface area contributed by atoms with Gasteiger partial charge in [-0.15, -0.1) is 0 Å². The minimum Gasteiger partial charge on any atom is -0.337 e. The van der Waals surface area contributed by atoms with Gasteiger partial charge in [-0.2, -0.15) is 18.2 Å². The smallest absolute Gasteiger partial charge is 0.337 e. The number of alkyl halides is 3. The molecule has 27 heavy (non-hydrogen) atoms. The first-order valence-electron chi connectivity index (χ1n) is 7.86. The van der Waals surface area contributed by atoms with Gasteiger partial charge in [0.05, 0.1) is 22.8 Å². The van der Waals surface area contributed by atoms with E-state index >= 15 is 0 Å². The van der Waals surface area contributed by atoms with Gasteiger partial charge in [0.2, 0.25) is 11.7 Å². The summed E-state index contributed by atoms with van der Waals surface area (Å²) in [5, 5.41) is 4.15. The highest BCUT2D eigenvalue weighted by Crippen LogP contribution is 2.31. The number of nitrogens with zero attached hydrogens (tertiary/aromatic N) is 4. The molecule has 0 aliphatic rings. The van der Waals surface area contributed by atoms with E-state index in [-0.39, 0.29) is 29.4 Å². The Labute approximate surface area is 149 Å². The molecule has 0 spiro atoms. The van der Waals surface area contributed by atoms with Crippen molar-refractivity contribution in [1.29, 1.82) is 0 Å². The number of hydrogen-bond donors (Lipinski definition) is 0. The molecule has 2 aromatic carbocycles. The molecule has 0 N–H and O–H groups in total. The molecule has 6 nitrogen and oxygen atoms in total. The Balaban J connectivity index is 1.64. The average molecular weight is 372 g/mol. The Bertz CT molecular complexity index is 1180. The summed E-state index contributed by atoms with van der Waals surface area (Å²) in [5.41, 5.74) is -0.349. The van der Waals surface area contributed by atoms with Crippen molar-refractivity contribution in [3.63, 3.8) is 0 Å². The summed E-state index contributed by atoms with van der Waals surface area (Å²) in [5.74, 6) is 0.0968. The Morgan fingerprint density at radius 2 is 1.89 bits per heavy atom. The van der Waals surface area contributed by atoms with E-state index in [1.165, 1.54) is 23.0 Å². The first-order valence-corrected chi connectivity index (χ1v) is 7.86. The number of para-hydroxylation sites is 1. The van der Waals surface area contributed by atoms with Crippen LogP contribution in [-0.2, 0) is 12.7 Å². The summed E-state index contributed by atoms with van der Waals surface area (Å²) in [6.45, 7) is -0.0391. The largest absolute Gasteiger partial charge is 0.416 e. The first-order chi connectivity index (χ1) is 12.9. The van der Waals surface area contributed by atoms with Crippen molar-refractivity contribution in [2.45, 2.75) is 12.7 Å². The molecule has 0 fully saturated rings. The van der Waals surface area contributed by atoms with Gasteiger partial charge in [0.25, 0.3) is 5.56 Å². The molecule has 136 valence electrons. The van der Waals surface area contributed by atoms with Gasteiger partial charge in [-0.25, -0.2) is 4.98 Å². The number of rotatable bonds is 3. The van der Waals surface area contributed by atoms with Crippen molar-refractivity contribution in [1.82, 2.24) is 19.7 Å². The van der Waals surface area contributed by atoms with Crippen molar-refractivity contribution < 1.29 is 17.7 Å². The fourth-order valence-electron chi connectivity index (χ4n) is 2.64. The van der Waals surface area contributed by atoms with E-state index in [4.69, 9.17) is 4.52 Å². The molecule has 0 unspecified atom stereocenters. The maximum absolute atomic E-state index is 12.8. The first kappa shape index (κ1) is 17.0. The molecular formula is C18H11F3N4O2. The highest BCUT2D eigenvalue weighted by molar-refractivity contribution is 5.76. The van der Waals surface area contributed by atoms with E-state index < -0.39 is 11.7 Å². The third-order valence-electron chi connectivity index (χ3n) is 3.95. The van der Waals surface area contributed by atoms with E-state index in [0.717, 1.165) is 12.1 Å². The van der Waals surface area contributed by atoms with Crippen LogP contribution in [0, 0.1) is 0 Å². The molecule has 0 saturated carbocycles. The van der Waals surface area contributed by atoms with Crippen LogP contribution in [0.3, 0.4) is 0 Å². The minimum atomic E-state index is -4.47. The topological polar surface area (TPSA) is 73.8 Å². The zero-order chi connectivity index (χ0) is 19.0. The third-order valence-corrected chi connectivity index (χ3v) is 3.95. The number of fused-ring (bicyclic) bond motifs is 1. The van der Waals surface area contributed by atoms with Gasteiger partial charge in [-0.1, -0.05) is 29.4 Å². The van der Waals surface area contributed by atoms with Crippen LogP contribution in [0.5, 0.6) is 0 Å². The standard InChI is InChI=1S/C18H11F3N4O2/c19-18(20,21)12-5-3-4-11(8-12)16-23-15(27-24-16)9-25-10-22-14-7-2-1-6-13(14)17(25)26/h1-8,10H,9H2. The number of benzene rings is 2. The highest BCUT2D eigenvalue weighted by atomic mass is 19.4. The number of aromatic nitrogens is 4. The van der Waals surface area contributed by atoms with E-state index in [2.05, 4.69) is 15.1 Å². The predicted molar refractivity (Wildman–Crippen MR) is 89.8 cm³/mol. The zero-order valence-corrected chi connectivity index (χ0v) is 13.6. The molecule has 9 heteroatoms. The minimum absolute atomic E-state index is 0.0119. The van der Waals surface area contributed by atoms with Crippen LogP contribution in [0.4, 0.5) is 13.2 Å². The van der Waals surface area contributed by atoms with E-state index in [1.54, 1.807) is 24.3 Å². The van der Waals surface area contributed by atoms with Crippen molar-refractivity contribution >= 4 is 10.9 Å². The quantitative estimate of drug-likeness (QED) is 0.550. The van der Waals surface area contributed by atoms with Gasteiger partial charge in [0, 0.05) is 5.56 Å². The molecule has 0 aliphatic heterocycles. The van der Waals surface area contributed by atoms with E-state index in [1.807, 2.05) is 0 Å². The van der Waals surface area contributed by atoms with Gasteiger partial charge in [0.1, 0.15) is 6.54 Å². The average Bonchev–Trinajstić information content (AvgIpc) is 3.12. The summed E-state index contributed by atoms with van der Waals surface area (Å²) in [6, 6.07) is 11.5. The van der Waals surface area contributed by atoms with Crippen molar-refractivity contribution in [3.05, 3.63) is 76.7 Å². The summed E-state index contributed by atoms with van der Waals surface area (Å²) in [7, 11) is 0. The summed E-state index contributed by atoms with van der Waals surface area (Å²) < 4.78 is 44.9. The third kappa shape index (κ3) is 3.31. The molecular weight excluding hydrogens is 361 g/mol. The van der Waals surface area contributed by atoms with Gasteiger partial charge >= 0.3 is 6.18 Å². The number of halogens is 3. The molecule has 0 radical (unpaired) electrons. The Morgan fingerprint density at radius 3 is 2.70 bits per heavy atom. The molecule has 4 aromatic rings. The second kappa shape index (κ2) is 6.35. The predicted octanol–water partition coefficient (Wildman–Crippen LogP) is 3.51. The maximum atomic E-state index is 12.8. The molecule has 4 rings (SSSR count). The van der Waals surface area contributed by atoms with Crippen LogP contribution < -0.4 is 5.56 Å². The van der Waals surface area contributed by atoms with Crippen LogP contribution in [0.15, 0.2) is 64.2 Å². The van der Waals surface area contributed by atoms with Crippen molar-refractivity contribution in [2.75, 3.05) is 0 Å². The second-order valence-electron chi connectivity index (χ2n) is 5.79. The van der Waals surface area contributed by atoms with Gasteiger partial charge in [0.15, 0.2) is 0 Å². The molecule has 0 atom stereocenters.